The van der Waals surface area contributed by atoms with E-state index in [9.17, 15) is 14.7 Å². The number of rotatable bonds is 11. The van der Waals surface area contributed by atoms with Crippen molar-refractivity contribution in [2.75, 3.05) is 18.9 Å². The van der Waals surface area contributed by atoms with Gasteiger partial charge in [0.05, 0.1) is 5.56 Å². The van der Waals surface area contributed by atoms with Crippen LogP contribution in [-0.4, -0.2) is 37.1 Å². The van der Waals surface area contributed by atoms with E-state index >= 15 is 0 Å². The third-order valence-electron chi connectivity index (χ3n) is 5.45. The van der Waals surface area contributed by atoms with Crippen LogP contribution >= 0.6 is 0 Å². The molecule has 0 heterocycles. The maximum atomic E-state index is 12.7. The fourth-order valence-electron chi connectivity index (χ4n) is 3.84. The van der Waals surface area contributed by atoms with Crippen LogP contribution in [-0.2, 0) is 4.79 Å². The Hall–Kier alpha value is -3.80. The topological polar surface area (TPSA) is 90.5 Å². The molecule has 0 aliphatic carbocycles. The Labute approximate surface area is 188 Å². The van der Waals surface area contributed by atoms with Crippen LogP contribution < -0.4 is 16.0 Å². The summed E-state index contributed by atoms with van der Waals surface area (Å²) in [6.07, 6.45) is 4.92. The number of nitrogens with one attached hydrogen (secondary N) is 3. The van der Waals surface area contributed by atoms with Crippen molar-refractivity contribution in [2.24, 2.45) is 0 Å². The van der Waals surface area contributed by atoms with Crippen LogP contribution in [0.3, 0.4) is 0 Å². The molecule has 3 aromatic rings. The maximum absolute atomic E-state index is 12.7. The van der Waals surface area contributed by atoms with Crippen molar-refractivity contribution in [1.29, 1.82) is 0 Å². The first kappa shape index (κ1) is 22.9. The van der Waals surface area contributed by atoms with Gasteiger partial charge in [-0.25, -0.2) is 0 Å². The van der Waals surface area contributed by atoms with Gasteiger partial charge in [-0.15, -0.1) is 6.58 Å². The highest BCUT2D eigenvalue weighted by molar-refractivity contribution is 6.03. The fraction of sp³-hybridized carbons (Fsp3) is 0.231. The van der Waals surface area contributed by atoms with Crippen LogP contribution in [0.2, 0.25) is 0 Å². The highest BCUT2D eigenvalue weighted by Crippen LogP contribution is 2.34. The molecule has 0 saturated heterocycles. The number of benzene rings is 3. The Bertz CT molecular complexity index is 1110. The van der Waals surface area contributed by atoms with Crippen LogP contribution in [0.4, 0.5) is 5.69 Å². The summed E-state index contributed by atoms with van der Waals surface area (Å²) >= 11 is 0. The van der Waals surface area contributed by atoms with Gasteiger partial charge < -0.3 is 21.1 Å². The molecule has 0 aliphatic heterocycles. The van der Waals surface area contributed by atoms with Gasteiger partial charge in [0.25, 0.3) is 5.91 Å². The second-order valence-electron chi connectivity index (χ2n) is 7.62. The molecular weight excluding hydrogens is 402 g/mol. The molecule has 6 heteroatoms. The van der Waals surface area contributed by atoms with Gasteiger partial charge in [-0.3, -0.25) is 9.59 Å². The Morgan fingerprint density at radius 3 is 2.69 bits per heavy atom. The minimum absolute atomic E-state index is 0.0660. The molecule has 0 aliphatic rings. The number of phenolic OH excluding ortho intramolecular Hbond substituents is 1. The van der Waals surface area contributed by atoms with E-state index in [1.807, 2.05) is 48.5 Å². The van der Waals surface area contributed by atoms with Crippen molar-refractivity contribution >= 4 is 28.8 Å². The number of aromatic hydroxyl groups is 1. The highest BCUT2D eigenvalue weighted by Gasteiger charge is 2.17. The van der Waals surface area contributed by atoms with Gasteiger partial charge in [-0.05, 0) is 65.4 Å². The number of anilines is 1. The van der Waals surface area contributed by atoms with Crippen molar-refractivity contribution in [1.82, 2.24) is 10.6 Å². The van der Waals surface area contributed by atoms with E-state index in [0.29, 0.717) is 18.5 Å². The second-order valence-corrected chi connectivity index (χ2v) is 7.62. The number of hydrogen-bond donors (Lipinski definition) is 4. The molecule has 0 aromatic heterocycles. The molecule has 0 radical (unpaired) electrons. The molecule has 1 atom stereocenters. The summed E-state index contributed by atoms with van der Waals surface area (Å²) in [5.41, 5.74) is 2.93. The number of allylic oxidation sites excluding steroid dienone is 1. The van der Waals surface area contributed by atoms with Crippen molar-refractivity contribution < 1.29 is 14.7 Å². The van der Waals surface area contributed by atoms with Gasteiger partial charge in [-0.2, -0.15) is 0 Å². The lowest BCUT2D eigenvalue weighted by atomic mass is 9.95. The van der Waals surface area contributed by atoms with Crippen LogP contribution in [0.1, 0.15) is 29.6 Å². The molecule has 3 rings (SSSR count). The molecular formula is C26H29N3O3. The summed E-state index contributed by atoms with van der Waals surface area (Å²) in [7, 11) is 1.60. The van der Waals surface area contributed by atoms with E-state index in [1.54, 1.807) is 19.2 Å². The monoisotopic (exact) mass is 431 g/mol. The van der Waals surface area contributed by atoms with E-state index in [-0.39, 0.29) is 17.7 Å². The molecule has 0 fully saturated rings. The lowest BCUT2D eigenvalue weighted by Crippen LogP contribution is -2.27. The molecule has 3 aromatic carbocycles. The van der Waals surface area contributed by atoms with Crippen molar-refractivity contribution in [3.63, 3.8) is 0 Å². The van der Waals surface area contributed by atoms with E-state index in [0.717, 1.165) is 46.8 Å². The quantitative estimate of drug-likeness (QED) is 0.205. The van der Waals surface area contributed by atoms with Gasteiger partial charge in [0.2, 0.25) is 6.41 Å². The van der Waals surface area contributed by atoms with Crippen LogP contribution in [0.5, 0.6) is 5.75 Å². The molecule has 2 amide bonds. The lowest BCUT2D eigenvalue weighted by Gasteiger charge is -2.22. The average Bonchev–Trinajstić information content (AvgIpc) is 2.81. The normalized spacial score (nSPS) is 11.5. The summed E-state index contributed by atoms with van der Waals surface area (Å²) in [4.78, 5) is 23.3. The summed E-state index contributed by atoms with van der Waals surface area (Å²) in [6.45, 7) is 4.33. The van der Waals surface area contributed by atoms with Gasteiger partial charge in [0, 0.05) is 25.3 Å². The second kappa shape index (κ2) is 11.0. The van der Waals surface area contributed by atoms with Crippen molar-refractivity contribution in [2.45, 2.75) is 25.3 Å². The fourth-order valence-corrected chi connectivity index (χ4v) is 3.84. The SMILES string of the molecule is C=CCCC(CCNC=O)Nc1ccc(-c2cc(O)cc3ccccc23)cc1C(=O)NC. The maximum Gasteiger partial charge on any atom is 0.253 e. The first-order valence-corrected chi connectivity index (χ1v) is 10.7. The summed E-state index contributed by atoms with van der Waals surface area (Å²) in [6, 6.07) is 17.0. The third-order valence-corrected chi connectivity index (χ3v) is 5.45. The zero-order valence-electron chi connectivity index (χ0n) is 18.2. The summed E-state index contributed by atoms with van der Waals surface area (Å²) in [5, 5.41) is 21.0. The Balaban J connectivity index is 2.00. The number of hydrogen-bond acceptors (Lipinski definition) is 4. The van der Waals surface area contributed by atoms with Gasteiger partial charge in [0.15, 0.2) is 0 Å². The lowest BCUT2D eigenvalue weighted by molar-refractivity contribution is -0.109. The average molecular weight is 432 g/mol. The molecule has 166 valence electrons. The van der Waals surface area contributed by atoms with Gasteiger partial charge >= 0.3 is 0 Å². The Morgan fingerprint density at radius 1 is 1.12 bits per heavy atom. The van der Waals surface area contributed by atoms with Crippen LogP contribution in [0.15, 0.2) is 67.3 Å². The molecule has 0 spiro atoms. The van der Waals surface area contributed by atoms with E-state index in [2.05, 4.69) is 22.5 Å². The van der Waals surface area contributed by atoms with Crippen LogP contribution in [0.25, 0.3) is 21.9 Å². The number of amides is 2. The molecule has 6 nitrogen and oxygen atoms in total. The zero-order valence-corrected chi connectivity index (χ0v) is 18.2. The van der Waals surface area contributed by atoms with Crippen molar-refractivity contribution in [3.8, 4) is 16.9 Å². The number of fused-ring (bicyclic) bond motifs is 1. The van der Waals surface area contributed by atoms with Gasteiger partial charge in [-0.1, -0.05) is 36.4 Å². The standard InChI is InChI=1S/C26H29N3O3/c1-3-4-8-20(12-13-28-17-30)29-25-11-10-19(15-24(25)26(32)27-2)23-16-21(31)14-18-7-5-6-9-22(18)23/h3,5-7,9-11,14-17,20,29,31H,1,4,8,12-13H2,2H3,(H,27,32)(H,28,30). The van der Waals surface area contributed by atoms with E-state index in [1.165, 1.54) is 0 Å². The van der Waals surface area contributed by atoms with E-state index in [4.69, 9.17) is 0 Å². The summed E-state index contributed by atoms with van der Waals surface area (Å²) < 4.78 is 0. The Morgan fingerprint density at radius 2 is 1.94 bits per heavy atom. The predicted molar refractivity (Wildman–Crippen MR) is 130 cm³/mol. The highest BCUT2D eigenvalue weighted by atomic mass is 16.3. The number of phenols is 1. The Kier molecular flexibility index (Phi) is 7.86. The first-order chi connectivity index (χ1) is 15.6. The smallest absolute Gasteiger partial charge is 0.253 e. The minimum atomic E-state index is -0.202. The predicted octanol–water partition coefficient (Wildman–Crippen LogP) is 4.45. The summed E-state index contributed by atoms with van der Waals surface area (Å²) in [5.74, 6) is -0.0261. The third kappa shape index (κ3) is 5.46. The molecule has 32 heavy (non-hydrogen) atoms. The van der Waals surface area contributed by atoms with E-state index < -0.39 is 0 Å². The number of carbonyl (C=O) groups is 2. The molecule has 0 bridgehead atoms. The van der Waals surface area contributed by atoms with Crippen LogP contribution in [0, 0.1) is 0 Å². The van der Waals surface area contributed by atoms with Gasteiger partial charge in [0.1, 0.15) is 5.75 Å². The largest absolute Gasteiger partial charge is 0.508 e. The molecule has 4 N–H and O–H groups in total. The molecule has 1 unspecified atom stereocenters. The molecule has 0 saturated carbocycles. The first-order valence-electron chi connectivity index (χ1n) is 10.7. The number of carbonyl (C=O) groups excluding carboxylic acids is 2. The zero-order chi connectivity index (χ0) is 22.9. The minimum Gasteiger partial charge on any atom is -0.508 e. The van der Waals surface area contributed by atoms with Crippen molar-refractivity contribution in [3.05, 3.63) is 72.8 Å².